The zero-order valence-corrected chi connectivity index (χ0v) is 14.0. The summed E-state index contributed by atoms with van der Waals surface area (Å²) in [7, 11) is 0. The maximum atomic E-state index is 13.2. The molecule has 120 valence electrons. The van der Waals surface area contributed by atoms with Crippen LogP contribution >= 0.6 is 23.7 Å². The number of nitrogens with zero attached hydrogens (tertiary/aromatic N) is 2. The number of hydrogen-bond donors (Lipinski definition) is 1. The van der Waals surface area contributed by atoms with Crippen LogP contribution < -0.4 is 5.73 Å². The molecule has 0 bridgehead atoms. The Morgan fingerprint density at radius 1 is 1.32 bits per heavy atom. The first kappa shape index (κ1) is 17.2. The van der Waals surface area contributed by atoms with Crippen molar-refractivity contribution in [2.75, 3.05) is 18.8 Å². The Kier molecular flexibility index (Phi) is 6.17. The first-order valence-electron chi connectivity index (χ1n) is 7.36. The zero-order chi connectivity index (χ0) is 14.7. The summed E-state index contributed by atoms with van der Waals surface area (Å²) in [5.41, 5.74) is 6.78. The van der Waals surface area contributed by atoms with Gasteiger partial charge in [0, 0.05) is 17.6 Å². The van der Waals surface area contributed by atoms with Gasteiger partial charge in [0.1, 0.15) is 5.82 Å². The SMILES string of the molecule is Cl.Nc1ncc(CN2CCC(Cc3cccc(F)c3)CC2)s1. The average molecular weight is 342 g/mol. The van der Waals surface area contributed by atoms with Crippen LogP contribution in [-0.4, -0.2) is 23.0 Å². The van der Waals surface area contributed by atoms with Gasteiger partial charge in [-0.25, -0.2) is 9.37 Å². The summed E-state index contributed by atoms with van der Waals surface area (Å²) >= 11 is 1.57. The Bertz CT molecular complexity index is 597. The smallest absolute Gasteiger partial charge is 0.180 e. The molecule has 1 aromatic heterocycles. The van der Waals surface area contributed by atoms with Crippen LogP contribution in [0.1, 0.15) is 23.3 Å². The highest BCUT2D eigenvalue weighted by Gasteiger charge is 2.20. The summed E-state index contributed by atoms with van der Waals surface area (Å²) in [6, 6.07) is 6.99. The van der Waals surface area contributed by atoms with Crippen molar-refractivity contribution in [2.24, 2.45) is 5.92 Å². The number of aromatic nitrogens is 1. The third-order valence-corrected chi connectivity index (χ3v) is 4.88. The number of benzene rings is 1. The first-order valence-corrected chi connectivity index (χ1v) is 8.17. The summed E-state index contributed by atoms with van der Waals surface area (Å²) in [5.74, 6) is 0.530. The Hall–Kier alpha value is -1.17. The van der Waals surface area contributed by atoms with Crippen molar-refractivity contribution in [1.82, 2.24) is 9.88 Å². The van der Waals surface area contributed by atoms with Gasteiger partial charge < -0.3 is 5.73 Å². The molecule has 22 heavy (non-hydrogen) atoms. The number of piperidine rings is 1. The second kappa shape index (κ2) is 7.90. The summed E-state index contributed by atoms with van der Waals surface area (Å²) in [6.45, 7) is 3.14. The minimum atomic E-state index is -0.132. The van der Waals surface area contributed by atoms with E-state index in [-0.39, 0.29) is 18.2 Å². The summed E-state index contributed by atoms with van der Waals surface area (Å²) in [4.78, 5) is 7.78. The van der Waals surface area contributed by atoms with E-state index in [0.717, 1.165) is 31.6 Å². The van der Waals surface area contributed by atoms with E-state index in [1.807, 2.05) is 12.3 Å². The number of likely N-dealkylation sites (tertiary alicyclic amines) is 1. The Labute approximate surface area is 140 Å². The predicted molar refractivity (Wildman–Crippen MR) is 91.9 cm³/mol. The van der Waals surface area contributed by atoms with Crippen molar-refractivity contribution in [2.45, 2.75) is 25.8 Å². The monoisotopic (exact) mass is 341 g/mol. The Balaban J connectivity index is 0.00000176. The van der Waals surface area contributed by atoms with E-state index in [2.05, 4.69) is 9.88 Å². The molecule has 0 unspecified atom stereocenters. The highest BCUT2D eigenvalue weighted by atomic mass is 35.5. The van der Waals surface area contributed by atoms with Crippen molar-refractivity contribution in [1.29, 1.82) is 0 Å². The number of nitrogen functional groups attached to an aromatic ring is 1. The van der Waals surface area contributed by atoms with Gasteiger partial charge in [-0.05, 0) is 56.0 Å². The van der Waals surface area contributed by atoms with Gasteiger partial charge in [0.05, 0.1) is 0 Å². The van der Waals surface area contributed by atoms with Crippen molar-refractivity contribution >= 4 is 28.9 Å². The highest BCUT2D eigenvalue weighted by molar-refractivity contribution is 7.15. The molecule has 2 aromatic rings. The van der Waals surface area contributed by atoms with Crippen molar-refractivity contribution in [3.8, 4) is 0 Å². The molecule has 2 heterocycles. The second-order valence-electron chi connectivity index (χ2n) is 5.72. The minimum absolute atomic E-state index is 0. The molecule has 0 amide bonds. The number of rotatable bonds is 4. The molecule has 1 saturated heterocycles. The average Bonchev–Trinajstić information content (AvgIpc) is 2.86. The minimum Gasteiger partial charge on any atom is -0.375 e. The van der Waals surface area contributed by atoms with Crippen molar-refractivity contribution in [3.05, 3.63) is 46.7 Å². The van der Waals surface area contributed by atoms with Gasteiger partial charge in [-0.1, -0.05) is 12.1 Å². The van der Waals surface area contributed by atoms with Crippen LogP contribution in [-0.2, 0) is 13.0 Å². The van der Waals surface area contributed by atoms with Crippen LogP contribution in [0.4, 0.5) is 9.52 Å². The summed E-state index contributed by atoms with van der Waals surface area (Å²) < 4.78 is 13.2. The number of anilines is 1. The molecule has 3 rings (SSSR count). The standard InChI is InChI=1S/C16H20FN3S.ClH/c17-14-3-1-2-13(9-14)8-12-4-6-20(7-5-12)11-15-10-19-16(18)21-15;/h1-3,9-10,12H,4-8,11H2,(H2,18,19);1H. The lowest BCUT2D eigenvalue weighted by Crippen LogP contribution is -2.33. The van der Waals surface area contributed by atoms with E-state index < -0.39 is 0 Å². The largest absolute Gasteiger partial charge is 0.375 e. The molecule has 0 saturated carbocycles. The highest BCUT2D eigenvalue weighted by Crippen LogP contribution is 2.24. The third kappa shape index (κ3) is 4.66. The fraction of sp³-hybridized carbons (Fsp3) is 0.438. The Morgan fingerprint density at radius 3 is 2.73 bits per heavy atom. The number of hydrogen-bond acceptors (Lipinski definition) is 4. The van der Waals surface area contributed by atoms with Crippen LogP contribution in [0, 0.1) is 11.7 Å². The first-order chi connectivity index (χ1) is 10.2. The van der Waals surface area contributed by atoms with Gasteiger partial charge in [0.2, 0.25) is 0 Å². The number of halogens is 2. The topological polar surface area (TPSA) is 42.1 Å². The fourth-order valence-corrected chi connectivity index (χ4v) is 3.69. The van der Waals surface area contributed by atoms with Gasteiger partial charge in [-0.3, -0.25) is 4.90 Å². The molecular weight excluding hydrogens is 321 g/mol. The quantitative estimate of drug-likeness (QED) is 0.921. The van der Waals surface area contributed by atoms with E-state index in [1.54, 1.807) is 23.5 Å². The van der Waals surface area contributed by atoms with Gasteiger partial charge in [-0.15, -0.1) is 23.7 Å². The van der Waals surface area contributed by atoms with Gasteiger partial charge >= 0.3 is 0 Å². The van der Waals surface area contributed by atoms with Crippen molar-refractivity contribution < 1.29 is 4.39 Å². The molecule has 3 nitrogen and oxygen atoms in total. The molecule has 1 aliphatic rings. The normalized spacial score (nSPS) is 16.4. The molecule has 1 aliphatic heterocycles. The molecule has 0 spiro atoms. The van der Waals surface area contributed by atoms with Crippen LogP contribution in [0.25, 0.3) is 0 Å². The third-order valence-electron chi connectivity index (χ3n) is 4.07. The van der Waals surface area contributed by atoms with Gasteiger partial charge in [0.15, 0.2) is 5.13 Å². The lowest BCUT2D eigenvalue weighted by molar-refractivity contribution is 0.178. The zero-order valence-electron chi connectivity index (χ0n) is 12.4. The molecule has 2 N–H and O–H groups in total. The van der Waals surface area contributed by atoms with E-state index in [9.17, 15) is 4.39 Å². The lowest BCUT2D eigenvalue weighted by atomic mass is 9.90. The molecule has 0 aliphatic carbocycles. The van der Waals surface area contributed by atoms with Gasteiger partial charge in [0.25, 0.3) is 0 Å². The summed E-state index contributed by atoms with van der Waals surface area (Å²) in [6.07, 6.45) is 5.20. The Morgan fingerprint density at radius 2 is 2.09 bits per heavy atom. The summed E-state index contributed by atoms with van der Waals surface area (Å²) in [5, 5.41) is 0.644. The molecule has 0 radical (unpaired) electrons. The number of nitrogens with two attached hydrogens (primary N) is 1. The van der Waals surface area contributed by atoms with Gasteiger partial charge in [-0.2, -0.15) is 0 Å². The molecule has 6 heteroatoms. The number of thiazole rings is 1. The lowest BCUT2D eigenvalue weighted by Gasteiger charge is -2.31. The maximum absolute atomic E-state index is 13.2. The van der Waals surface area contributed by atoms with Crippen LogP contribution in [0.15, 0.2) is 30.5 Å². The molecule has 1 fully saturated rings. The molecule has 1 aromatic carbocycles. The van der Waals surface area contributed by atoms with Crippen LogP contribution in [0.5, 0.6) is 0 Å². The van der Waals surface area contributed by atoms with Crippen LogP contribution in [0.3, 0.4) is 0 Å². The molecular formula is C16H21ClFN3S. The fourth-order valence-electron chi connectivity index (χ4n) is 2.96. The predicted octanol–water partition coefficient (Wildman–Crippen LogP) is 3.74. The van der Waals surface area contributed by atoms with Crippen LogP contribution in [0.2, 0.25) is 0 Å². The van der Waals surface area contributed by atoms with E-state index in [1.165, 1.54) is 23.8 Å². The van der Waals surface area contributed by atoms with E-state index in [0.29, 0.717) is 11.0 Å². The molecule has 0 atom stereocenters. The van der Waals surface area contributed by atoms with E-state index in [4.69, 9.17) is 5.73 Å². The second-order valence-corrected chi connectivity index (χ2v) is 6.87. The van der Waals surface area contributed by atoms with Crippen molar-refractivity contribution in [3.63, 3.8) is 0 Å². The maximum Gasteiger partial charge on any atom is 0.180 e. The van der Waals surface area contributed by atoms with E-state index >= 15 is 0 Å².